The van der Waals surface area contributed by atoms with Gasteiger partial charge in [-0.25, -0.2) is 0 Å². The summed E-state index contributed by atoms with van der Waals surface area (Å²) >= 11 is 11.9. The number of rotatable bonds is 5. The number of amides is 1. The summed E-state index contributed by atoms with van der Waals surface area (Å²) in [5.74, 6) is -0.162. The Bertz CT molecular complexity index is 763. The monoisotopic (exact) mass is 362 g/mol. The van der Waals surface area contributed by atoms with Gasteiger partial charge in [-0.3, -0.25) is 4.79 Å². The Balaban J connectivity index is 1.50. The van der Waals surface area contributed by atoms with E-state index in [1.165, 1.54) is 5.56 Å². The van der Waals surface area contributed by atoms with E-state index in [-0.39, 0.29) is 5.91 Å². The molecule has 1 N–H and O–H groups in total. The van der Waals surface area contributed by atoms with E-state index in [0.717, 1.165) is 12.0 Å². The maximum atomic E-state index is 12.2. The van der Waals surface area contributed by atoms with Crippen LogP contribution < -0.4 is 5.32 Å². The lowest BCUT2D eigenvalue weighted by Crippen LogP contribution is -2.36. The minimum Gasteiger partial charge on any atom is -0.382 e. The van der Waals surface area contributed by atoms with Gasteiger partial charge in [0.15, 0.2) is 0 Å². The van der Waals surface area contributed by atoms with E-state index in [9.17, 15) is 4.79 Å². The number of carbonyl (C=O) groups is 1. The van der Waals surface area contributed by atoms with Crippen molar-refractivity contribution in [2.75, 3.05) is 6.54 Å². The number of hydrogen-bond acceptors (Lipinski definition) is 3. The van der Waals surface area contributed by atoms with Gasteiger partial charge in [0.1, 0.15) is 0 Å². The largest absolute Gasteiger partial charge is 0.382 e. The topological polar surface area (TPSA) is 50.7 Å². The van der Waals surface area contributed by atoms with Crippen molar-refractivity contribution in [3.8, 4) is 0 Å². The molecule has 1 atom stereocenters. The molecule has 0 radical (unpaired) electrons. The maximum Gasteiger partial charge on any atom is 0.264 e. The smallest absolute Gasteiger partial charge is 0.264 e. The third-order valence-corrected chi connectivity index (χ3v) is 4.51. The Hall–Kier alpha value is -2.04. The van der Waals surface area contributed by atoms with E-state index in [4.69, 9.17) is 28.0 Å². The molecule has 1 aliphatic heterocycles. The van der Waals surface area contributed by atoms with Gasteiger partial charge in [-0.05, 0) is 24.1 Å². The van der Waals surface area contributed by atoms with Crippen LogP contribution in [-0.2, 0) is 16.1 Å². The molecule has 0 aliphatic carbocycles. The first-order valence-corrected chi connectivity index (χ1v) is 8.39. The lowest BCUT2D eigenvalue weighted by Gasteiger charge is -2.09. The molecule has 1 aliphatic rings. The minimum atomic E-state index is -0.606. The van der Waals surface area contributed by atoms with E-state index in [1.54, 1.807) is 12.1 Å². The van der Waals surface area contributed by atoms with Crippen LogP contribution in [0.4, 0.5) is 0 Å². The predicted molar refractivity (Wildman–Crippen MR) is 95.6 cm³/mol. The quantitative estimate of drug-likeness (QED) is 0.878. The summed E-state index contributed by atoms with van der Waals surface area (Å²) in [5.41, 5.74) is 2.68. The van der Waals surface area contributed by atoms with E-state index < -0.39 is 6.10 Å². The molecule has 4 nitrogen and oxygen atoms in total. The highest BCUT2D eigenvalue weighted by atomic mass is 35.5. The van der Waals surface area contributed by atoms with Gasteiger partial charge in [-0.15, -0.1) is 0 Å². The number of benzene rings is 2. The highest BCUT2D eigenvalue weighted by Gasteiger charge is 2.28. The second-order valence-electron chi connectivity index (χ2n) is 5.49. The molecule has 1 heterocycles. The molecular weight excluding hydrogens is 347 g/mol. The minimum absolute atomic E-state index is 0.162. The maximum absolute atomic E-state index is 12.2. The van der Waals surface area contributed by atoms with Crippen molar-refractivity contribution in [1.29, 1.82) is 0 Å². The second kappa shape index (κ2) is 7.69. The van der Waals surface area contributed by atoms with Crippen LogP contribution >= 0.6 is 23.2 Å². The molecule has 0 aromatic heterocycles. The molecule has 0 saturated carbocycles. The summed E-state index contributed by atoms with van der Waals surface area (Å²) in [4.78, 5) is 17.4. The van der Waals surface area contributed by atoms with Crippen LogP contribution in [0.1, 0.15) is 17.5 Å². The highest BCUT2D eigenvalue weighted by molar-refractivity contribution is 6.42. The summed E-state index contributed by atoms with van der Waals surface area (Å²) in [5, 5.41) is 7.81. The third kappa shape index (κ3) is 4.08. The summed E-state index contributed by atoms with van der Waals surface area (Å²) in [6.07, 6.45) is 0.583. The standard InChI is InChI=1S/C18H16Cl2N2O2/c19-14-7-6-13(10-15(14)20)16-11-17(24-22-16)18(23)21-9-8-12-4-2-1-3-5-12/h1-7,10,17H,8-9,11H2,(H,21,23)/t17-/m1/s1. The fourth-order valence-corrected chi connectivity index (χ4v) is 2.75. The van der Waals surface area contributed by atoms with Gasteiger partial charge in [0.05, 0.1) is 15.8 Å². The van der Waals surface area contributed by atoms with Gasteiger partial charge in [0.25, 0.3) is 5.91 Å². The second-order valence-corrected chi connectivity index (χ2v) is 6.31. The Morgan fingerprint density at radius 1 is 1.17 bits per heavy atom. The van der Waals surface area contributed by atoms with Crippen LogP contribution in [0.2, 0.25) is 10.0 Å². The zero-order chi connectivity index (χ0) is 16.9. The number of oxime groups is 1. The van der Waals surface area contributed by atoms with Crippen LogP contribution in [0, 0.1) is 0 Å². The van der Waals surface area contributed by atoms with Crippen molar-refractivity contribution in [2.24, 2.45) is 5.16 Å². The zero-order valence-electron chi connectivity index (χ0n) is 12.8. The summed E-state index contributed by atoms with van der Waals surface area (Å²) < 4.78 is 0. The number of nitrogens with zero attached hydrogens (tertiary/aromatic N) is 1. The molecule has 0 spiro atoms. The van der Waals surface area contributed by atoms with Gasteiger partial charge in [0, 0.05) is 18.5 Å². The van der Waals surface area contributed by atoms with Crippen LogP contribution in [-0.4, -0.2) is 24.3 Å². The normalized spacial score (nSPS) is 16.4. The SMILES string of the molecule is O=C(NCCc1ccccc1)[C@H]1CC(c2ccc(Cl)c(Cl)c2)=NO1. The number of hydrogen-bond donors (Lipinski definition) is 1. The van der Waals surface area contributed by atoms with E-state index >= 15 is 0 Å². The number of carbonyl (C=O) groups excluding carboxylic acids is 1. The first-order chi connectivity index (χ1) is 11.6. The lowest BCUT2D eigenvalue weighted by molar-refractivity contribution is -0.131. The fraction of sp³-hybridized carbons (Fsp3) is 0.222. The Labute approximate surface area is 150 Å². The highest BCUT2D eigenvalue weighted by Crippen LogP contribution is 2.25. The Kier molecular flexibility index (Phi) is 5.38. The summed E-state index contributed by atoms with van der Waals surface area (Å²) in [6, 6.07) is 15.2. The van der Waals surface area contributed by atoms with Crippen LogP contribution in [0.5, 0.6) is 0 Å². The molecule has 124 valence electrons. The van der Waals surface area contributed by atoms with Gasteiger partial charge >= 0.3 is 0 Å². The molecule has 2 aromatic rings. The van der Waals surface area contributed by atoms with Gasteiger partial charge in [-0.1, -0.05) is 64.8 Å². The van der Waals surface area contributed by atoms with Crippen molar-refractivity contribution in [1.82, 2.24) is 5.32 Å². The number of halogens is 2. The van der Waals surface area contributed by atoms with E-state index in [0.29, 0.717) is 28.7 Å². The third-order valence-electron chi connectivity index (χ3n) is 3.77. The molecule has 0 saturated heterocycles. The molecule has 1 amide bonds. The lowest BCUT2D eigenvalue weighted by atomic mass is 10.0. The Morgan fingerprint density at radius 3 is 2.71 bits per heavy atom. The van der Waals surface area contributed by atoms with Crippen molar-refractivity contribution in [2.45, 2.75) is 18.9 Å². The predicted octanol–water partition coefficient (Wildman–Crippen LogP) is 3.85. The zero-order valence-corrected chi connectivity index (χ0v) is 14.3. The van der Waals surface area contributed by atoms with Gasteiger partial charge in [0.2, 0.25) is 6.10 Å². The molecule has 3 rings (SSSR count). The summed E-state index contributed by atoms with van der Waals surface area (Å²) in [6.45, 7) is 0.560. The van der Waals surface area contributed by atoms with Crippen LogP contribution in [0.25, 0.3) is 0 Å². The van der Waals surface area contributed by atoms with Crippen LogP contribution in [0.3, 0.4) is 0 Å². The molecular formula is C18H16Cl2N2O2. The van der Waals surface area contributed by atoms with Gasteiger partial charge in [-0.2, -0.15) is 0 Å². The van der Waals surface area contributed by atoms with Crippen molar-refractivity contribution < 1.29 is 9.63 Å². The average Bonchev–Trinajstić information content (AvgIpc) is 3.08. The molecule has 24 heavy (non-hydrogen) atoms. The van der Waals surface area contributed by atoms with Crippen molar-refractivity contribution in [3.63, 3.8) is 0 Å². The average molecular weight is 363 g/mol. The van der Waals surface area contributed by atoms with Crippen molar-refractivity contribution in [3.05, 3.63) is 69.7 Å². The Morgan fingerprint density at radius 2 is 1.96 bits per heavy atom. The number of nitrogens with one attached hydrogen (secondary N) is 1. The summed E-state index contributed by atoms with van der Waals surface area (Å²) in [7, 11) is 0. The first kappa shape index (κ1) is 16.8. The van der Waals surface area contributed by atoms with Gasteiger partial charge < -0.3 is 10.2 Å². The van der Waals surface area contributed by atoms with Crippen molar-refractivity contribution >= 4 is 34.8 Å². The molecule has 6 heteroatoms. The fourth-order valence-electron chi connectivity index (χ4n) is 2.45. The first-order valence-electron chi connectivity index (χ1n) is 7.63. The molecule has 0 bridgehead atoms. The molecule has 2 aromatic carbocycles. The van der Waals surface area contributed by atoms with E-state index in [2.05, 4.69) is 10.5 Å². The molecule has 0 fully saturated rings. The van der Waals surface area contributed by atoms with E-state index in [1.807, 2.05) is 36.4 Å². The molecule has 0 unspecified atom stereocenters. The van der Waals surface area contributed by atoms with Crippen LogP contribution in [0.15, 0.2) is 53.7 Å².